The lowest BCUT2D eigenvalue weighted by atomic mass is 9.95. The van der Waals surface area contributed by atoms with Crippen molar-refractivity contribution < 1.29 is 14.7 Å². The number of hydrogen-bond donors (Lipinski definition) is 2. The summed E-state index contributed by atoms with van der Waals surface area (Å²) in [6, 6.07) is 6.88. The highest BCUT2D eigenvalue weighted by molar-refractivity contribution is 6.03. The van der Waals surface area contributed by atoms with Crippen LogP contribution in [0.1, 0.15) is 23.2 Å². The van der Waals surface area contributed by atoms with Crippen LogP contribution in [0.25, 0.3) is 0 Å². The zero-order valence-electron chi connectivity index (χ0n) is 8.06. The highest BCUT2D eigenvalue weighted by Gasteiger charge is 2.25. The number of carbonyl (C=O) groups excluding carboxylic acids is 1. The Morgan fingerprint density at radius 2 is 2.20 bits per heavy atom. The van der Waals surface area contributed by atoms with Crippen LogP contribution in [-0.2, 0) is 4.79 Å². The van der Waals surface area contributed by atoms with Crippen LogP contribution in [0.2, 0.25) is 0 Å². The van der Waals surface area contributed by atoms with Crippen LogP contribution in [0.4, 0.5) is 5.69 Å². The molecule has 0 bridgehead atoms. The van der Waals surface area contributed by atoms with Crippen molar-refractivity contribution >= 4 is 17.4 Å². The number of carbonyl (C=O) groups is 2. The van der Waals surface area contributed by atoms with Gasteiger partial charge in [-0.25, -0.2) is 0 Å². The van der Waals surface area contributed by atoms with E-state index in [0.29, 0.717) is 5.56 Å². The van der Waals surface area contributed by atoms with Gasteiger partial charge in [0.15, 0.2) is 5.78 Å². The minimum atomic E-state index is -0.889. The Bertz CT molecular complexity index is 414. The SMILES string of the molecule is O=C(O)CC1CC(=O)c2ccccc2N1. The second kappa shape index (κ2) is 3.73. The third-order valence-electron chi connectivity index (χ3n) is 2.44. The first-order valence-corrected chi connectivity index (χ1v) is 4.77. The summed E-state index contributed by atoms with van der Waals surface area (Å²) in [5.74, 6) is -0.879. The van der Waals surface area contributed by atoms with Crippen molar-refractivity contribution in [2.24, 2.45) is 0 Å². The minimum absolute atomic E-state index is 0.00981. The van der Waals surface area contributed by atoms with E-state index in [1.54, 1.807) is 18.2 Å². The topological polar surface area (TPSA) is 66.4 Å². The monoisotopic (exact) mass is 205 g/mol. The maximum absolute atomic E-state index is 11.6. The Balaban J connectivity index is 2.23. The molecule has 0 saturated carbocycles. The molecule has 1 aliphatic rings. The molecular formula is C11H11NO3. The van der Waals surface area contributed by atoms with Crippen molar-refractivity contribution in [3.8, 4) is 0 Å². The molecule has 15 heavy (non-hydrogen) atoms. The molecule has 1 aromatic rings. The molecule has 4 nitrogen and oxygen atoms in total. The molecule has 0 aliphatic carbocycles. The number of anilines is 1. The van der Waals surface area contributed by atoms with Crippen molar-refractivity contribution in [3.05, 3.63) is 29.8 Å². The maximum atomic E-state index is 11.6. The molecule has 1 heterocycles. The summed E-state index contributed by atoms with van der Waals surface area (Å²) in [4.78, 5) is 22.2. The number of para-hydroxylation sites is 1. The van der Waals surface area contributed by atoms with E-state index in [1.165, 1.54) is 0 Å². The summed E-state index contributed by atoms with van der Waals surface area (Å²) >= 11 is 0. The first kappa shape index (κ1) is 9.71. The van der Waals surface area contributed by atoms with Crippen LogP contribution >= 0.6 is 0 Å². The number of ketones is 1. The minimum Gasteiger partial charge on any atom is -0.481 e. The van der Waals surface area contributed by atoms with E-state index >= 15 is 0 Å². The van der Waals surface area contributed by atoms with E-state index in [1.807, 2.05) is 6.07 Å². The molecule has 1 atom stereocenters. The Morgan fingerprint density at radius 3 is 2.93 bits per heavy atom. The van der Waals surface area contributed by atoms with Gasteiger partial charge in [0.05, 0.1) is 6.42 Å². The number of fused-ring (bicyclic) bond motifs is 1. The fourth-order valence-electron chi connectivity index (χ4n) is 1.79. The molecule has 1 aliphatic heterocycles. The molecule has 0 amide bonds. The predicted molar refractivity (Wildman–Crippen MR) is 55.1 cm³/mol. The van der Waals surface area contributed by atoms with Gasteiger partial charge < -0.3 is 10.4 Å². The van der Waals surface area contributed by atoms with Crippen LogP contribution in [0.3, 0.4) is 0 Å². The maximum Gasteiger partial charge on any atom is 0.305 e. The van der Waals surface area contributed by atoms with Gasteiger partial charge in [-0.2, -0.15) is 0 Å². The molecular weight excluding hydrogens is 194 g/mol. The first-order chi connectivity index (χ1) is 7.16. The average Bonchev–Trinajstić information content (AvgIpc) is 2.16. The van der Waals surface area contributed by atoms with Crippen molar-refractivity contribution in [2.75, 3.05) is 5.32 Å². The zero-order valence-corrected chi connectivity index (χ0v) is 8.06. The highest BCUT2D eigenvalue weighted by atomic mass is 16.4. The zero-order chi connectivity index (χ0) is 10.8. The van der Waals surface area contributed by atoms with Crippen molar-refractivity contribution in [3.63, 3.8) is 0 Å². The number of benzene rings is 1. The molecule has 78 valence electrons. The first-order valence-electron chi connectivity index (χ1n) is 4.77. The fourth-order valence-corrected chi connectivity index (χ4v) is 1.79. The summed E-state index contributed by atoms with van der Waals surface area (Å²) in [7, 11) is 0. The number of Topliss-reactive ketones (excluding diaryl/α,β-unsaturated/α-hetero) is 1. The van der Waals surface area contributed by atoms with Crippen LogP contribution in [0.15, 0.2) is 24.3 Å². The Morgan fingerprint density at radius 1 is 1.47 bits per heavy atom. The molecule has 0 saturated heterocycles. The lowest BCUT2D eigenvalue weighted by molar-refractivity contribution is -0.137. The van der Waals surface area contributed by atoms with Crippen LogP contribution < -0.4 is 5.32 Å². The molecule has 1 aromatic carbocycles. The predicted octanol–water partition coefficient (Wildman–Crippen LogP) is 1.53. The number of aliphatic carboxylic acids is 1. The molecule has 0 aromatic heterocycles. The highest BCUT2D eigenvalue weighted by Crippen LogP contribution is 2.25. The van der Waals surface area contributed by atoms with Gasteiger partial charge in [-0.05, 0) is 12.1 Å². The smallest absolute Gasteiger partial charge is 0.305 e. The molecule has 0 spiro atoms. The second-order valence-corrected chi connectivity index (χ2v) is 3.61. The van der Waals surface area contributed by atoms with Crippen LogP contribution in [-0.4, -0.2) is 22.9 Å². The van der Waals surface area contributed by atoms with Gasteiger partial charge in [-0.1, -0.05) is 12.1 Å². The summed E-state index contributed by atoms with van der Waals surface area (Å²) in [6.07, 6.45) is 0.226. The van der Waals surface area contributed by atoms with Gasteiger partial charge in [0.1, 0.15) is 0 Å². The normalized spacial score (nSPS) is 19.2. The third kappa shape index (κ3) is 1.98. The quantitative estimate of drug-likeness (QED) is 0.768. The summed E-state index contributed by atoms with van der Waals surface area (Å²) in [5, 5.41) is 11.7. The van der Waals surface area contributed by atoms with Crippen LogP contribution in [0, 0.1) is 0 Å². The summed E-state index contributed by atoms with van der Waals surface area (Å²) < 4.78 is 0. The molecule has 2 N–H and O–H groups in total. The molecule has 1 unspecified atom stereocenters. The number of hydrogen-bond acceptors (Lipinski definition) is 3. The third-order valence-corrected chi connectivity index (χ3v) is 2.44. The Hall–Kier alpha value is -1.84. The lowest BCUT2D eigenvalue weighted by Crippen LogP contribution is -2.31. The number of rotatable bonds is 2. The van der Waals surface area contributed by atoms with E-state index < -0.39 is 5.97 Å². The Labute approximate surface area is 86.9 Å². The van der Waals surface area contributed by atoms with Crippen LogP contribution in [0.5, 0.6) is 0 Å². The fraction of sp³-hybridized carbons (Fsp3) is 0.273. The molecule has 0 fully saturated rings. The largest absolute Gasteiger partial charge is 0.481 e. The number of nitrogens with one attached hydrogen (secondary N) is 1. The van der Waals surface area contributed by atoms with Crippen molar-refractivity contribution in [2.45, 2.75) is 18.9 Å². The van der Waals surface area contributed by atoms with Gasteiger partial charge in [-0.15, -0.1) is 0 Å². The Kier molecular flexibility index (Phi) is 2.41. The molecule has 2 rings (SSSR count). The average molecular weight is 205 g/mol. The molecule has 4 heteroatoms. The van der Waals surface area contributed by atoms with Gasteiger partial charge in [0.25, 0.3) is 0 Å². The second-order valence-electron chi connectivity index (χ2n) is 3.61. The van der Waals surface area contributed by atoms with Gasteiger partial charge in [0, 0.05) is 23.7 Å². The number of carboxylic acids is 1. The van der Waals surface area contributed by atoms with E-state index in [0.717, 1.165) is 5.69 Å². The van der Waals surface area contributed by atoms with E-state index in [2.05, 4.69) is 5.32 Å². The summed E-state index contributed by atoms with van der Waals surface area (Å²) in [6.45, 7) is 0. The number of carboxylic acid groups (broad SMARTS) is 1. The van der Waals surface area contributed by atoms with Crippen molar-refractivity contribution in [1.82, 2.24) is 0 Å². The van der Waals surface area contributed by atoms with Gasteiger partial charge >= 0.3 is 5.97 Å². The standard InChI is InChI=1S/C11H11NO3/c13-10-5-7(6-11(14)15)12-9-4-2-1-3-8(9)10/h1-4,7,12H,5-6H2,(H,14,15). The summed E-state index contributed by atoms with van der Waals surface area (Å²) in [5.41, 5.74) is 1.39. The van der Waals surface area contributed by atoms with Crippen molar-refractivity contribution in [1.29, 1.82) is 0 Å². The lowest BCUT2D eigenvalue weighted by Gasteiger charge is -2.24. The van der Waals surface area contributed by atoms with Gasteiger partial charge in [0.2, 0.25) is 0 Å². The molecule has 0 radical (unpaired) electrons. The van der Waals surface area contributed by atoms with E-state index in [-0.39, 0.29) is 24.7 Å². The van der Waals surface area contributed by atoms with Gasteiger partial charge in [-0.3, -0.25) is 9.59 Å². The van der Waals surface area contributed by atoms with E-state index in [4.69, 9.17) is 5.11 Å². The van der Waals surface area contributed by atoms with E-state index in [9.17, 15) is 9.59 Å².